The van der Waals surface area contributed by atoms with E-state index in [9.17, 15) is 45.2 Å². The Bertz CT molecular complexity index is 2150. The Morgan fingerprint density at radius 2 is 1.83 bits per heavy atom. The molecule has 0 spiro atoms. The van der Waals surface area contributed by atoms with Gasteiger partial charge in [0.2, 0.25) is 33.3 Å². The van der Waals surface area contributed by atoms with Crippen LogP contribution in [0.1, 0.15) is 79.6 Å². The molecule has 3 N–H and O–H groups in total. The predicted molar refractivity (Wildman–Crippen MR) is 206 cm³/mol. The number of nitrogens with zero attached hydrogens (tertiary/aromatic N) is 2. The van der Waals surface area contributed by atoms with Crippen LogP contribution in [0, 0.1) is 23.6 Å². The highest BCUT2D eigenvalue weighted by Gasteiger charge is 2.64. The predicted octanol–water partition coefficient (Wildman–Crippen LogP) is 5.39. The van der Waals surface area contributed by atoms with Gasteiger partial charge < -0.3 is 29.7 Å². The summed E-state index contributed by atoms with van der Waals surface area (Å²) >= 11 is 0. The monoisotopic (exact) mass is 871 g/mol. The summed E-state index contributed by atoms with van der Waals surface area (Å²) in [6, 6.07) is 1.25. The van der Waals surface area contributed by atoms with Crippen LogP contribution in [0.3, 0.4) is 0 Å². The Morgan fingerprint density at radius 1 is 1.12 bits per heavy atom. The number of amides is 4. The van der Waals surface area contributed by atoms with E-state index in [1.54, 1.807) is 32.1 Å². The molecule has 1 saturated heterocycles. The number of carbonyl (C=O) groups excluding carboxylic acids is 4. The van der Waals surface area contributed by atoms with Gasteiger partial charge in [0.15, 0.2) is 11.6 Å². The lowest BCUT2D eigenvalue weighted by atomic mass is 9.88. The van der Waals surface area contributed by atoms with E-state index in [2.05, 4.69) is 15.6 Å². The maximum atomic E-state index is 15.1. The molecule has 2 aromatic rings. The summed E-state index contributed by atoms with van der Waals surface area (Å²) in [6.07, 6.45) is -1.57. The molecule has 14 nitrogen and oxygen atoms in total. The molecule has 1 aromatic heterocycles. The molecule has 1 aromatic carbocycles. The zero-order chi connectivity index (χ0) is 44.0. The van der Waals surface area contributed by atoms with Crippen molar-refractivity contribution in [2.24, 2.45) is 17.8 Å². The summed E-state index contributed by atoms with van der Waals surface area (Å²) in [5.41, 5.74) is -4.74. The minimum Gasteiger partial charge on any atom is -0.491 e. The number of rotatable bonds is 10. The van der Waals surface area contributed by atoms with Crippen LogP contribution in [0.15, 0.2) is 36.5 Å². The molecule has 7 atom stereocenters. The Hall–Kier alpha value is -4.75. The first-order chi connectivity index (χ1) is 28.1. The Labute approximate surface area is 344 Å². The van der Waals surface area contributed by atoms with Gasteiger partial charge in [0.05, 0.1) is 13.2 Å². The van der Waals surface area contributed by atoms with Gasteiger partial charge in [0.25, 0.3) is 5.91 Å². The van der Waals surface area contributed by atoms with Crippen molar-refractivity contribution in [3.8, 4) is 11.6 Å². The van der Waals surface area contributed by atoms with E-state index in [0.29, 0.717) is 38.5 Å². The summed E-state index contributed by atoms with van der Waals surface area (Å²) in [4.78, 5) is 61.6. The first-order valence-corrected chi connectivity index (χ1v) is 21.4. The van der Waals surface area contributed by atoms with Gasteiger partial charge in [-0.3, -0.25) is 19.1 Å². The molecule has 2 aliphatic carbocycles. The third kappa shape index (κ3) is 8.98. The number of hydrogen-bond donors (Lipinski definition) is 3. The normalized spacial score (nSPS) is 28.9. The molecule has 0 unspecified atom stereocenters. The van der Waals surface area contributed by atoms with E-state index in [4.69, 9.17) is 14.2 Å². The number of nitrogens with one attached hydrogen (secondary N) is 3. The number of ether oxygens (including phenoxy) is 3. The zero-order valence-corrected chi connectivity index (χ0v) is 34.7. The van der Waals surface area contributed by atoms with Gasteiger partial charge in [-0.15, -0.1) is 0 Å². The summed E-state index contributed by atoms with van der Waals surface area (Å²) in [5.74, 6) is -5.12. The SMILES string of the molecule is CCOc1cc2ccnc(O[C@@H]3C[C@H]4C(=O)N[C@]5(C(=O)NS(=O)(=O)C6(CF)CC6)C[C@H]5/C=C\CC[C@H](C)C[C@@H](C)[C@H](NC(=O)OC(C)(C)C(F)(F)F)C(=O)N4C3)c2cc1F. The number of benzene rings is 1. The summed E-state index contributed by atoms with van der Waals surface area (Å²) in [5, 5.41) is 5.74. The second-order valence-corrected chi connectivity index (χ2v) is 19.0. The topological polar surface area (TPSA) is 182 Å². The van der Waals surface area contributed by atoms with Crippen molar-refractivity contribution in [2.45, 2.75) is 120 Å². The van der Waals surface area contributed by atoms with Gasteiger partial charge >= 0.3 is 12.3 Å². The van der Waals surface area contributed by atoms with Gasteiger partial charge in [0.1, 0.15) is 35.1 Å². The molecule has 2 aliphatic heterocycles. The molecule has 4 amide bonds. The van der Waals surface area contributed by atoms with Gasteiger partial charge in [-0.1, -0.05) is 26.0 Å². The number of hydrogen-bond acceptors (Lipinski definition) is 10. The fourth-order valence-electron chi connectivity index (χ4n) is 7.86. The number of halogens is 5. The quantitative estimate of drug-likeness (QED) is 0.207. The third-order valence-electron chi connectivity index (χ3n) is 11.9. The van der Waals surface area contributed by atoms with Crippen molar-refractivity contribution >= 4 is 44.6 Å². The van der Waals surface area contributed by atoms with E-state index < -0.39 is 98.4 Å². The number of allylic oxidation sites excluding steroid dienone is 1. The van der Waals surface area contributed by atoms with Crippen LogP contribution in [0.5, 0.6) is 11.6 Å². The first kappa shape index (κ1) is 44.8. The number of sulfonamides is 1. The van der Waals surface area contributed by atoms with Crippen molar-refractivity contribution in [2.75, 3.05) is 19.8 Å². The number of fused-ring (bicyclic) bond motifs is 3. The van der Waals surface area contributed by atoms with Crippen molar-refractivity contribution in [1.82, 2.24) is 25.2 Å². The van der Waals surface area contributed by atoms with Crippen LogP contribution in [-0.2, 0) is 29.1 Å². The highest BCUT2D eigenvalue weighted by atomic mass is 32.2. The second-order valence-electron chi connectivity index (χ2n) is 16.9. The Morgan fingerprint density at radius 3 is 2.48 bits per heavy atom. The summed E-state index contributed by atoms with van der Waals surface area (Å²) in [6.45, 7) is 5.17. The van der Waals surface area contributed by atoms with Crippen molar-refractivity contribution < 1.29 is 63.8 Å². The number of alkyl carbamates (subject to hydrolysis) is 1. The van der Waals surface area contributed by atoms with Gasteiger partial charge in [0, 0.05) is 23.9 Å². The van der Waals surface area contributed by atoms with Crippen LogP contribution in [0.2, 0.25) is 0 Å². The standard InChI is InChI=1S/C40H50F5N5O9S/c1-6-57-30-16-24-11-14-46-33(27(24)18-28(30)42)58-26-17-29-32(51)48-39(35(53)49-60(55,56)38(21-41)12-13-38)19-25(39)10-8-7-9-22(2)15-23(3)31(34(52)50(29)20-26)47-36(54)59-37(4,5)40(43,44)45/h8,10-11,14,16,18,22-23,25-26,29,31H,6-7,9,12-13,15,17,19-21H2,1-5H3,(H,47,54)(H,48,51)(H,49,53)/b10-8-/t22-,23+,25+,26+,29-,31-,39+/m0/s1. The van der Waals surface area contributed by atoms with Gasteiger partial charge in [-0.25, -0.2) is 27.0 Å². The van der Waals surface area contributed by atoms with Gasteiger partial charge in [-0.05, 0) is 94.7 Å². The fourth-order valence-corrected chi connectivity index (χ4v) is 9.29. The van der Waals surface area contributed by atoms with E-state index in [1.807, 2.05) is 11.6 Å². The summed E-state index contributed by atoms with van der Waals surface area (Å²) in [7, 11) is -4.49. The molecule has 20 heteroatoms. The molecule has 0 bridgehead atoms. The minimum atomic E-state index is -4.96. The molecule has 60 heavy (non-hydrogen) atoms. The average Bonchev–Trinajstić information content (AvgIpc) is 4.06. The van der Waals surface area contributed by atoms with E-state index in [1.165, 1.54) is 12.3 Å². The largest absolute Gasteiger partial charge is 0.491 e. The molecular weight excluding hydrogens is 822 g/mol. The second kappa shape index (κ2) is 16.6. The molecule has 6 rings (SSSR count). The number of carbonyl (C=O) groups is 4. The molecule has 4 aliphatic rings. The molecule has 0 radical (unpaired) electrons. The first-order valence-electron chi connectivity index (χ1n) is 19.9. The minimum absolute atomic E-state index is 0.00806. The van der Waals surface area contributed by atoms with Crippen LogP contribution < -0.4 is 24.8 Å². The van der Waals surface area contributed by atoms with Crippen molar-refractivity contribution in [3.05, 3.63) is 42.4 Å². The number of aromatic nitrogens is 1. The molecule has 3 fully saturated rings. The maximum absolute atomic E-state index is 15.1. The summed E-state index contributed by atoms with van der Waals surface area (Å²) < 4.78 is 113. The van der Waals surface area contributed by atoms with Crippen molar-refractivity contribution in [3.63, 3.8) is 0 Å². The van der Waals surface area contributed by atoms with E-state index in [-0.39, 0.29) is 61.8 Å². The lowest BCUT2D eigenvalue weighted by Crippen LogP contribution is -2.60. The number of pyridine rings is 1. The molecule has 2 saturated carbocycles. The van der Waals surface area contributed by atoms with Crippen LogP contribution in [0.25, 0.3) is 10.8 Å². The van der Waals surface area contributed by atoms with Crippen LogP contribution in [-0.4, -0.2) is 102 Å². The Balaban J connectivity index is 1.36. The third-order valence-corrected chi connectivity index (χ3v) is 14.0. The maximum Gasteiger partial charge on any atom is 0.427 e. The lowest BCUT2D eigenvalue weighted by molar-refractivity contribution is -0.244. The Kier molecular flexibility index (Phi) is 12.4. The van der Waals surface area contributed by atoms with Crippen LogP contribution in [0.4, 0.5) is 26.7 Å². The smallest absolute Gasteiger partial charge is 0.427 e. The average molecular weight is 872 g/mol. The molecular formula is C40H50F5N5O9S. The molecule has 3 heterocycles. The lowest BCUT2D eigenvalue weighted by Gasteiger charge is -2.34. The van der Waals surface area contributed by atoms with Gasteiger partial charge in [-0.2, -0.15) is 13.2 Å². The highest BCUT2D eigenvalue weighted by Crippen LogP contribution is 2.48. The fraction of sp³-hybridized carbons (Fsp3) is 0.625. The van der Waals surface area contributed by atoms with E-state index in [0.717, 1.165) is 11.0 Å². The van der Waals surface area contributed by atoms with Crippen LogP contribution >= 0.6 is 0 Å². The zero-order valence-electron chi connectivity index (χ0n) is 33.9. The van der Waals surface area contributed by atoms with E-state index >= 15 is 4.39 Å². The highest BCUT2D eigenvalue weighted by molar-refractivity contribution is 7.91. The van der Waals surface area contributed by atoms with Crippen molar-refractivity contribution in [1.29, 1.82) is 0 Å². The number of alkyl halides is 4. The molecule has 330 valence electrons.